The van der Waals surface area contributed by atoms with E-state index in [0.29, 0.717) is 12.2 Å². The second-order valence-electron chi connectivity index (χ2n) is 4.88. The van der Waals surface area contributed by atoms with E-state index in [1.165, 1.54) is 11.1 Å². The van der Waals surface area contributed by atoms with Crippen molar-refractivity contribution in [2.45, 2.75) is 25.2 Å². The minimum Gasteiger partial charge on any atom is -0.298 e. The van der Waals surface area contributed by atoms with Crippen molar-refractivity contribution in [1.82, 2.24) is 0 Å². The number of Topliss-reactive ketones (excluding diaryl/α,β-unsaturated/α-hetero) is 1. The predicted octanol–water partition coefficient (Wildman–Crippen LogP) is 3.51. The summed E-state index contributed by atoms with van der Waals surface area (Å²) in [7, 11) is 0. The molecule has 0 aromatic heterocycles. The van der Waals surface area contributed by atoms with Crippen LogP contribution in [0.4, 0.5) is 0 Å². The van der Waals surface area contributed by atoms with E-state index in [-0.39, 0.29) is 0 Å². The largest absolute Gasteiger partial charge is 0.298 e. The third-order valence-electron chi connectivity index (χ3n) is 4.10. The van der Waals surface area contributed by atoms with Crippen molar-refractivity contribution < 1.29 is 4.79 Å². The van der Waals surface area contributed by atoms with E-state index in [1.807, 2.05) is 30.3 Å². The maximum Gasteiger partial charge on any atom is 0.152 e. The van der Waals surface area contributed by atoms with Crippen molar-refractivity contribution in [3.8, 4) is 0 Å². The lowest BCUT2D eigenvalue weighted by Gasteiger charge is -2.28. The molecule has 1 nitrogen and oxygen atoms in total. The average molecular weight is 236 g/mol. The van der Waals surface area contributed by atoms with Crippen LogP contribution in [-0.4, -0.2) is 5.78 Å². The van der Waals surface area contributed by atoms with E-state index >= 15 is 0 Å². The quantitative estimate of drug-likeness (QED) is 0.780. The van der Waals surface area contributed by atoms with Gasteiger partial charge in [-0.15, -0.1) is 0 Å². The highest BCUT2D eigenvalue weighted by Crippen LogP contribution is 2.43. The van der Waals surface area contributed by atoms with Crippen LogP contribution in [0, 0.1) is 0 Å². The Hall–Kier alpha value is -1.89. The Kier molecular flexibility index (Phi) is 2.55. The molecule has 1 atom stereocenters. The monoisotopic (exact) mass is 236 g/mol. The van der Waals surface area contributed by atoms with E-state index in [1.54, 1.807) is 0 Å². The second-order valence-corrected chi connectivity index (χ2v) is 4.88. The Morgan fingerprint density at radius 3 is 2.39 bits per heavy atom. The van der Waals surface area contributed by atoms with Crippen LogP contribution in [0.1, 0.15) is 30.0 Å². The molecule has 0 N–H and O–H groups in total. The molecule has 90 valence electrons. The average Bonchev–Trinajstić information content (AvgIpc) is 2.72. The fraction of sp³-hybridized carbons (Fsp3) is 0.235. The second kappa shape index (κ2) is 4.09. The van der Waals surface area contributed by atoms with Crippen molar-refractivity contribution >= 4 is 5.78 Å². The van der Waals surface area contributed by atoms with Gasteiger partial charge in [0.05, 0.1) is 5.41 Å². The van der Waals surface area contributed by atoms with Crippen molar-refractivity contribution in [3.63, 3.8) is 0 Å². The Morgan fingerprint density at radius 1 is 1.00 bits per heavy atom. The zero-order valence-corrected chi connectivity index (χ0v) is 10.5. The molecule has 0 saturated carbocycles. The molecule has 2 aromatic rings. The molecule has 0 fully saturated rings. The standard InChI is InChI=1S/C17H16O/c1-2-17(14-9-4-3-5-10-14)15-11-7-6-8-13(15)12-16(17)18/h3-11H,2,12H2,1H3/t17-/m0/s1. The molecule has 0 heterocycles. The van der Waals surface area contributed by atoms with Gasteiger partial charge in [-0.25, -0.2) is 0 Å². The number of carbonyl (C=O) groups is 1. The summed E-state index contributed by atoms with van der Waals surface area (Å²) in [6.45, 7) is 2.10. The topological polar surface area (TPSA) is 17.1 Å². The van der Waals surface area contributed by atoms with Gasteiger partial charge < -0.3 is 0 Å². The molecule has 0 spiro atoms. The van der Waals surface area contributed by atoms with Gasteiger partial charge in [0.1, 0.15) is 0 Å². The molecule has 0 amide bonds. The molecule has 1 aliphatic carbocycles. The van der Waals surface area contributed by atoms with Gasteiger partial charge in [-0.2, -0.15) is 0 Å². The molecule has 1 aliphatic rings. The van der Waals surface area contributed by atoms with Crippen LogP contribution in [0.5, 0.6) is 0 Å². The van der Waals surface area contributed by atoms with Crippen LogP contribution in [0.2, 0.25) is 0 Å². The molecular weight excluding hydrogens is 220 g/mol. The van der Waals surface area contributed by atoms with E-state index in [2.05, 4.69) is 31.2 Å². The molecule has 1 heteroatoms. The summed E-state index contributed by atoms with van der Waals surface area (Å²) in [4.78, 5) is 12.6. The molecular formula is C17H16O. The molecule has 0 unspecified atom stereocenters. The Labute approximate surface area is 107 Å². The summed E-state index contributed by atoms with van der Waals surface area (Å²) in [5.41, 5.74) is 3.09. The lowest BCUT2D eigenvalue weighted by molar-refractivity contribution is -0.121. The fourth-order valence-corrected chi connectivity index (χ4v) is 3.20. The maximum absolute atomic E-state index is 12.6. The van der Waals surface area contributed by atoms with E-state index < -0.39 is 5.41 Å². The minimum atomic E-state index is -0.419. The SMILES string of the molecule is CC[C@@]1(c2ccccc2)C(=O)Cc2ccccc21. The molecule has 0 saturated heterocycles. The van der Waals surface area contributed by atoms with Crippen LogP contribution in [-0.2, 0) is 16.6 Å². The lowest BCUT2D eigenvalue weighted by atomic mass is 9.73. The van der Waals surface area contributed by atoms with Crippen LogP contribution >= 0.6 is 0 Å². The number of hydrogen-bond acceptors (Lipinski definition) is 1. The molecule has 0 aliphatic heterocycles. The third kappa shape index (κ3) is 1.37. The Morgan fingerprint density at radius 2 is 1.67 bits per heavy atom. The number of hydrogen-bond donors (Lipinski definition) is 0. The summed E-state index contributed by atoms with van der Waals surface area (Å²) in [6, 6.07) is 18.4. The number of rotatable bonds is 2. The summed E-state index contributed by atoms with van der Waals surface area (Å²) >= 11 is 0. The van der Waals surface area contributed by atoms with E-state index in [9.17, 15) is 4.79 Å². The first-order valence-electron chi connectivity index (χ1n) is 6.46. The van der Waals surface area contributed by atoms with Gasteiger partial charge in [0, 0.05) is 6.42 Å². The van der Waals surface area contributed by atoms with E-state index in [0.717, 1.165) is 12.0 Å². The molecule has 0 radical (unpaired) electrons. The first-order valence-corrected chi connectivity index (χ1v) is 6.46. The van der Waals surface area contributed by atoms with Crippen LogP contribution < -0.4 is 0 Å². The number of ketones is 1. The fourth-order valence-electron chi connectivity index (χ4n) is 3.20. The highest BCUT2D eigenvalue weighted by molar-refractivity contribution is 5.99. The van der Waals surface area contributed by atoms with Crippen molar-refractivity contribution in [2.24, 2.45) is 0 Å². The zero-order valence-electron chi connectivity index (χ0n) is 10.5. The smallest absolute Gasteiger partial charge is 0.152 e. The number of carbonyl (C=O) groups excluding carboxylic acids is 1. The molecule has 2 aromatic carbocycles. The highest BCUT2D eigenvalue weighted by Gasteiger charge is 2.45. The molecule has 0 bridgehead atoms. The molecule has 3 rings (SSSR count). The van der Waals surface area contributed by atoms with Crippen molar-refractivity contribution in [1.29, 1.82) is 0 Å². The Balaban J connectivity index is 2.27. The normalized spacial score (nSPS) is 21.9. The number of fused-ring (bicyclic) bond motifs is 1. The summed E-state index contributed by atoms with van der Waals surface area (Å²) in [6.07, 6.45) is 1.39. The number of benzene rings is 2. The van der Waals surface area contributed by atoms with Gasteiger partial charge >= 0.3 is 0 Å². The van der Waals surface area contributed by atoms with Crippen LogP contribution in [0.3, 0.4) is 0 Å². The minimum absolute atomic E-state index is 0.331. The first kappa shape index (κ1) is 11.2. The van der Waals surface area contributed by atoms with Crippen LogP contribution in [0.15, 0.2) is 54.6 Å². The van der Waals surface area contributed by atoms with Gasteiger partial charge in [-0.05, 0) is 23.1 Å². The summed E-state index contributed by atoms with van der Waals surface area (Å²) < 4.78 is 0. The summed E-state index contributed by atoms with van der Waals surface area (Å²) in [5.74, 6) is 0.331. The van der Waals surface area contributed by atoms with Gasteiger partial charge in [0.25, 0.3) is 0 Å². The van der Waals surface area contributed by atoms with Crippen molar-refractivity contribution in [2.75, 3.05) is 0 Å². The summed E-state index contributed by atoms with van der Waals surface area (Å²) in [5, 5.41) is 0. The van der Waals surface area contributed by atoms with Gasteiger partial charge in [0.2, 0.25) is 0 Å². The van der Waals surface area contributed by atoms with Crippen LogP contribution in [0.25, 0.3) is 0 Å². The maximum atomic E-state index is 12.6. The van der Waals surface area contributed by atoms with Gasteiger partial charge in [0.15, 0.2) is 5.78 Å². The highest BCUT2D eigenvalue weighted by atomic mass is 16.1. The zero-order chi connectivity index (χ0) is 12.6. The van der Waals surface area contributed by atoms with Crippen molar-refractivity contribution in [3.05, 3.63) is 71.3 Å². The lowest BCUT2D eigenvalue weighted by Crippen LogP contribution is -2.32. The first-order chi connectivity index (χ1) is 8.79. The van der Waals surface area contributed by atoms with Gasteiger partial charge in [-0.3, -0.25) is 4.79 Å². The van der Waals surface area contributed by atoms with Gasteiger partial charge in [-0.1, -0.05) is 61.5 Å². The third-order valence-corrected chi connectivity index (χ3v) is 4.10. The molecule has 18 heavy (non-hydrogen) atoms. The predicted molar refractivity (Wildman–Crippen MR) is 72.7 cm³/mol. The van der Waals surface area contributed by atoms with E-state index in [4.69, 9.17) is 0 Å². The Bertz CT molecular complexity index is 586.